The Bertz CT molecular complexity index is 1650. The average Bonchev–Trinajstić information content (AvgIpc) is 3.73. The van der Waals surface area contributed by atoms with Crippen LogP contribution in [0, 0.1) is 12.8 Å². The zero-order valence-electron chi connectivity index (χ0n) is 28.4. The minimum atomic E-state index is -0.648. The SMILES string of the molecule is Cc1csc([C@H]2CCCN2C(=O)c2cc(C(=O)C[C@@H](Cc3ccccc3)[C@H](O)CCCc3cncc(C(C)C)c3)cc(N(C)C)c2)n1. The van der Waals surface area contributed by atoms with Gasteiger partial charge in [0.15, 0.2) is 5.78 Å². The molecule has 3 heterocycles. The quantitative estimate of drug-likeness (QED) is 0.140. The van der Waals surface area contributed by atoms with E-state index in [1.165, 1.54) is 11.1 Å². The number of Topliss-reactive ketones (excluding diaryl/α,β-unsaturated/α-hetero) is 1. The molecule has 1 N–H and O–H groups in total. The monoisotopic (exact) mass is 652 g/mol. The van der Waals surface area contributed by atoms with Gasteiger partial charge in [0.2, 0.25) is 0 Å². The van der Waals surface area contributed by atoms with Crippen molar-refractivity contribution in [3.63, 3.8) is 0 Å². The third-order valence-corrected chi connectivity index (χ3v) is 10.3. The Balaban J connectivity index is 1.34. The van der Waals surface area contributed by atoms with Crippen LogP contribution in [0.25, 0.3) is 0 Å². The van der Waals surface area contributed by atoms with E-state index in [0.717, 1.165) is 47.6 Å². The number of hydrogen-bond acceptors (Lipinski definition) is 7. The van der Waals surface area contributed by atoms with Crippen molar-refractivity contribution in [2.24, 2.45) is 5.92 Å². The number of anilines is 1. The standard InChI is InChI=1S/C39H48N4O3S/c1-26(2)33-18-29(23-40-24-33)13-9-15-36(44)30(17-28-11-7-6-8-12-28)22-37(45)31-19-32(21-34(20-31)42(4)5)39(46)43-16-10-14-35(43)38-41-27(3)25-47-38/h6-8,11-12,18-21,23-26,30,35-36,44H,9-10,13-17,22H2,1-5H3/t30-,35-,36-/m1/s1. The summed E-state index contributed by atoms with van der Waals surface area (Å²) in [5.41, 5.74) is 6.26. The van der Waals surface area contributed by atoms with Gasteiger partial charge in [0.05, 0.1) is 12.1 Å². The average molecular weight is 653 g/mol. The molecule has 248 valence electrons. The van der Waals surface area contributed by atoms with Crippen molar-refractivity contribution in [1.29, 1.82) is 0 Å². The molecule has 47 heavy (non-hydrogen) atoms. The molecule has 0 radical (unpaired) electrons. The van der Waals surface area contributed by atoms with Gasteiger partial charge in [-0.25, -0.2) is 4.98 Å². The summed E-state index contributed by atoms with van der Waals surface area (Å²) >= 11 is 1.60. The molecule has 5 rings (SSSR count). The predicted octanol–water partition coefficient (Wildman–Crippen LogP) is 7.83. The van der Waals surface area contributed by atoms with E-state index in [9.17, 15) is 14.7 Å². The smallest absolute Gasteiger partial charge is 0.254 e. The topological polar surface area (TPSA) is 86.6 Å². The summed E-state index contributed by atoms with van der Waals surface area (Å²) in [6, 6.07) is 17.7. The summed E-state index contributed by atoms with van der Waals surface area (Å²) in [5, 5.41) is 14.5. The number of nitrogens with zero attached hydrogens (tertiary/aromatic N) is 4. The Morgan fingerprint density at radius 3 is 2.51 bits per heavy atom. The number of benzene rings is 2. The van der Waals surface area contributed by atoms with Crippen LogP contribution in [0.15, 0.2) is 72.4 Å². The third-order valence-electron chi connectivity index (χ3n) is 9.22. The lowest BCUT2D eigenvalue weighted by molar-refractivity contribution is 0.0734. The maximum atomic E-state index is 14.0. The molecule has 0 saturated carbocycles. The van der Waals surface area contributed by atoms with Crippen LogP contribution in [-0.4, -0.2) is 58.4 Å². The number of rotatable bonds is 14. The highest BCUT2D eigenvalue weighted by Gasteiger charge is 2.33. The number of ketones is 1. The number of pyridine rings is 1. The number of carbonyl (C=O) groups excluding carboxylic acids is 2. The molecule has 2 aromatic heterocycles. The fraction of sp³-hybridized carbons (Fsp3) is 0.436. The molecule has 1 fully saturated rings. The molecule has 2 aromatic carbocycles. The summed E-state index contributed by atoms with van der Waals surface area (Å²) in [6.07, 6.45) is 7.98. The van der Waals surface area contributed by atoms with Crippen molar-refractivity contribution in [2.75, 3.05) is 25.5 Å². The first kappa shape index (κ1) is 34.5. The molecule has 4 aromatic rings. The Hall–Kier alpha value is -3.88. The number of aliphatic hydroxyl groups excluding tert-OH is 1. The lowest BCUT2D eigenvalue weighted by Gasteiger charge is -2.25. The summed E-state index contributed by atoms with van der Waals surface area (Å²) in [5.74, 6) is 0.0125. The molecule has 3 atom stereocenters. The van der Waals surface area contributed by atoms with Crippen molar-refractivity contribution in [1.82, 2.24) is 14.9 Å². The number of carbonyl (C=O) groups is 2. The Morgan fingerprint density at radius 1 is 1.04 bits per heavy atom. The van der Waals surface area contributed by atoms with Crippen LogP contribution < -0.4 is 4.90 Å². The van der Waals surface area contributed by atoms with Crippen molar-refractivity contribution < 1.29 is 14.7 Å². The van der Waals surface area contributed by atoms with E-state index in [2.05, 4.69) is 29.9 Å². The van der Waals surface area contributed by atoms with Gasteiger partial charge in [-0.15, -0.1) is 11.3 Å². The number of hydrogen-bond donors (Lipinski definition) is 1. The minimum absolute atomic E-state index is 0.0441. The van der Waals surface area contributed by atoms with E-state index in [1.54, 1.807) is 17.4 Å². The molecule has 1 saturated heterocycles. The summed E-state index contributed by atoms with van der Waals surface area (Å²) in [4.78, 5) is 40.9. The van der Waals surface area contributed by atoms with Crippen LogP contribution in [0.4, 0.5) is 5.69 Å². The van der Waals surface area contributed by atoms with Crippen LogP contribution in [0.2, 0.25) is 0 Å². The molecule has 7 nitrogen and oxygen atoms in total. The normalized spacial score (nSPS) is 16.0. The second-order valence-electron chi connectivity index (χ2n) is 13.5. The number of thiazole rings is 1. The molecule has 1 amide bonds. The highest BCUT2D eigenvalue weighted by atomic mass is 32.1. The second-order valence-corrected chi connectivity index (χ2v) is 14.4. The maximum Gasteiger partial charge on any atom is 0.254 e. The highest BCUT2D eigenvalue weighted by molar-refractivity contribution is 7.09. The first-order chi connectivity index (χ1) is 22.6. The maximum absolute atomic E-state index is 14.0. The number of aryl methyl sites for hydroxylation is 2. The Kier molecular flexibility index (Phi) is 11.6. The van der Waals surface area contributed by atoms with E-state index in [0.29, 0.717) is 36.4 Å². The molecular weight excluding hydrogens is 605 g/mol. The molecule has 0 unspecified atom stereocenters. The Morgan fingerprint density at radius 2 is 1.81 bits per heavy atom. The third kappa shape index (κ3) is 8.93. The van der Waals surface area contributed by atoms with Crippen LogP contribution in [0.3, 0.4) is 0 Å². The summed E-state index contributed by atoms with van der Waals surface area (Å²) < 4.78 is 0. The number of amides is 1. The van der Waals surface area contributed by atoms with Gasteiger partial charge in [-0.1, -0.05) is 50.2 Å². The van der Waals surface area contributed by atoms with Gasteiger partial charge >= 0.3 is 0 Å². The molecule has 0 aliphatic carbocycles. The fourth-order valence-electron chi connectivity index (χ4n) is 6.44. The minimum Gasteiger partial charge on any atom is -0.393 e. The van der Waals surface area contributed by atoms with Gasteiger partial charge in [0, 0.05) is 67.3 Å². The van der Waals surface area contributed by atoms with Crippen LogP contribution in [0.5, 0.6) is 0 Å². The van der Waals surface area contributed by atoms with Gasteiger partial charge in [-0.3, -0.25) is 14.6 Å². The van der Waals surface area contributed by atoms with Gasteiger partial charge in [-0.2, -0.15) is 0 Å². The van der Waals surface area contributed by atoms with Crippen molar-refractivity contribution in [3.8, 4) is 0 Å². The lowest BCUT2D eigenvalue weighted by atomic mass is 9.85. The number of likely N-dealkylation sites (tertiary alicyclic amines) is 1. The number of aliphatic hydroxyl groups is 1. The van der Waals surface area contributed by atoms with Crippen LogP contribution in [0.1, 0.15) is 106 Å². The summed E-state index contributed by atoms with van der Waals surface area (Å²) in [7, 11) is 3.84. The second kappa shape index (κ2) is 15.8. The zero-order valence-corrected chi connectivity index (χ0v) is 29.2. The molecule has 1 aliphatic heterocycles. The molecule has 0 bridgehead atoms. The summed E-state index contributed by atoms with van der Waals surface area (Å²) in [6.45, 7) is 6.97. The van der Waals surface area contributed by atoms with Gasteiger partial charge < -0.3 is 14.9 Å². The van der Waals surface area contributed by atoms with Gasteiger partial charge in [0.1, 0.15) is 5.01 Å². The molecule has 0 spiro atoms. The highest BCUT2D eigenvalue weighted by Crippen LogP contribution is 2.35. The van der Waals surface area contributed by atoms with Crippen LogP contribution in [-0.2, 0) is 12.8 Å². The van der Waals surface area contributed by atoms with E-state index in [-0.39, 0.29) is 30.1 Å². The predicted molar refractivity (Wildman–Crippen MR) is 190 cm³/mol. The van der Waals surface area contributed by atoms with E-state index >= 15 is 0 Å². The van der Waals surface area contributed by atoms with E-state index in [4.69, 9.17) is 0 Å². The fourth-order valence-corrected chi connectivity index (χ4v) is 7.38. The molecule has 1 aliphatic rings. The van der Waals surface area contributed by atoms with Gasteiger partial charge in [0.25, 0.3) is 5.91 Å². The van der Waals surface area contributed by atoms with Gasteiger partial charge in [-0.05, 0) is 92.2 Å². The zero-order chi connectivity index (χ0) is 33.5. The van der Waals surface area contributed by atoms with Crippen LogP contribution >= 0.6 is 11.3 Å². The van der Waals surface area contributed by atoms with E-state index in [1.807, 2.05) is 91.1 Å². The molecular formula is C39H48N4O3S. The largest absolute Gasteiger partial charge is 0.393 e. The first-order valence-electron chi connectivity index (χ1n) is 16.8. The van der Waals surface area contributed by atoms with Crippen molar-refractivity contribution in [2.45, 2.75) is 83.8 Å². The van der Waals surface area contributed by atoms with Crippen molar-refractivity contribution >= 4 is 28.7 Å². The van der Waals surface area contributed by atoms with E-state index < -0.39 is 6.10 Å². The molecule has 8 heteroatoms. The Labute approximate surface area is 283 Å². The first-order valence-corrected chi connectivity index (χ1v) is 17.7. The van der Waals surface area contributed by atoms with Crippen molar-refractivity contribution in [3.05, 3.63) is 111 Å². The number of aromatic nitrogens is 2. The lowest BCUT2D eigenvalue weighted by Crippen LogP contribution is -2.31.